The third kappa shape index (κ3) is 5.20. The zero-order valence-corrected chi connectivity index (χ0v) is 14.9. The molecule has 2 N–H and O–H groups in total. The van der Waals surface area contributed by atoms with Gasteiger partial charge in [-0.05, 0) is 49.9 Å². The van der Waals surface area contributed by atoms with Crippen molar-refractivity contribution in [1.29, 1.82) is 0 Å². The number of hydrogen-bond donors (Lipinski definition) is 2. The maximum Gasteiger partial charge on any atom is 0.239 e. The normalized spacial score (nSPS) is 29.5. The highest BCUT2D eigenvalue weighted by Gasteiger charge is 2.37. The van der Waals surface area contributed by atoms with Gasteiger partial charge in [0.15, 0.2) is 0 Å². The molecule has 0 spiro atoms. The third-order valence-electron chi connectivity index (χ3n) is 5.51. The van der Waals surface area contributed by atoms with Crippen LogP contribution in [0.4, 0.5) is 0 Å². The quantitative estimate of drug-likeness (QED) is 0.832. The van der Waals surface area contributed by atoms with Crippen LogP contribution in [0.5, 0.6) is 0 Å². The van der Waals surface area contributed by atoms with Gasteiger partial charge in [-0.1, -0.05) is 20.8 Å². The Balaban J connectivity index is 1.75. The molecule has 0 aromatic heterocycles. The Morgan fingerprint density at radius 1 is 1.30 bits per heavy atom. The monoisotopic (exact) mass is 324 g/mol. The summed E-state index contributed by atoms with van der Waals surface area (Å²) < 4.78 is 0. The molecule has 0 radical (unpaired) electrons. The van der Waals surface area contributed by atoms with Gasteiger partial charge < -0.3 is 15.3 Å². The molecule has 132 valence electrons. The lowest BCUT2D eigenvalue weighted by molar-refractivity contribution is -0.138. The van der Waals surface area contributed by atoms with E-state index in [1.807, 2.05) is 0 Å². The lowest BCUT2D eigenvalue weighted by Gasteiger charge is -2.41. The average Bonchev–Trinajstić information content (AvgIpc) is 2.47. The van der Waals surface area contributed by atoms with Gasteiger partial charge in [0, 0.05) is 19.5 Å². The zero-order chi connectivity index (χ0) is 17.1. The van der Waals surface area contributed by atoms with Gasteiger partial charge in [-0.3, -0.25) is 9.59 Å². The van der Waals surface area contributed by atoms with Crippen LogP contribution in [-0.2, 0) is 9.59 Å². The van der Waals surface area contributed by atoms with Gasteiger partial charge in [-0.15, -0.1) is 0 Å². The lowest BCUT2D eigenvalue weighted by atomic mass is 9.68. The van der Waals surface area contributed by atoms with Crippen molar-refractivity contribution in [3.8, 4) is 0 Å². The molecule has 0 unspecified atom stereocenters. The van der Waals surface area contributed by atoms with Gasteiger partial charge >= 0.3 is 0 Å². The third-order valence-corrected chi connectivity index (χ3v) is 5.51. The van der Waals surface area contributed by atoms with Crippen molar-refractivity contribution < 1.29 is 14.7 Å². The molecule has 23 heavy (non-hydrogen) atoms. The fourth-order valence-electron chi connectivity index (χ4n) is 3.72. The van der Waals surface area contributed by atoms with E-state index in [0.29, 0.717) is 25.4 Å². The summed E-state index contributed by atoms with van der Waals surface area (Å²) in [7, 11) is 0. The summed E-state index contributed by atoms with van der Waals surface area (Å²) in [6.45, 7) is 7.84. The maximum atomic E-state index is 12.0. The molecular formula is C18H32N2O3. The molecule has 0 aromatic rings. The van der Waals surface area contributed by atoms with Crippen molar-refractivity contribution >= 4 is 11.8 Å². The summed E-state index contributed by atoms with van der Waals surface area (Å²) in [4.78, 5) is 25.4. The number of rotatable bonds is 4. The van der Waals surface area contributed by atoms with Crippen LogP contribution in [0.2, 0.25) is 0 Å². The number of aliphatic hydroxyl groups is 1. The maximum absolute atomic E-state index is 12.0. The van der Waals surface area contributed by atoms with E-state index in [1.165, 1.54) is 0 Å². The summed E-state index contributed by atoms with van der Waals surface area (Å²) in [6.07, 6.45) is 5.91. The van der Waals surface area contributed by atoms with Crippen LogP contribution in [0.25, 0.3) is 0 Å². The standard InChI is InChI=1S/C18H32N2O3/c1-17(2,3)14-7-9-18(23,10-8-14)13-19-15(21)12-20-11-5-4-6-16(20)22/h14,23H,4-13H2,1-3H3,(H,19,21). The fourth-order valence-corrected chi connectivity index (χ4v) is 3.72. The second-order valence-corrected chi connectivity index (χ2v) is 8.41. The molecular weight excluding hydrogens is 292 g/mol. The number of nitrogens with one attached hydrogen (secondary N) is 1. The largest absolute Gasteiger partial charge is 0.388 e. The molecule has 5 nitrogen and oxygen atoms in total. The molecule has 0 bridgehead atoms. The highest BCUT2D eigenvalue weighted by molar-refractivity contribution is 5.85. The molecule has 5 heteroatoms. The lowest BCUT2D eigenvalue weighted by Crippen LogP contribution is -2.49. The van der Waals surface area contributed by atoms with E-state index in [9.17, 15) is 14.7 Å². The summed E-state index contributed by atoms with van der Waals surface area (Å²) in [5.74, 6) is 0.534. The number of likely N-dealkylation sites (tertiary alicyclic amines) is 1. The second-order valence-electron chi connectivity index (χ2n) is 8.41. The number of nitrogens with zero attached hydrogens (tertiary/aromatic N) is 1. The topological polar surface area (TPSA) is 69.6 Å². The molecule has 2 amide bonds. The SMILES string of the molecule is CC(C)(C)C1CCC(O)(CNC(=O)CN2CCCCC2=O)CC1. The van der Waals surface area contributed by atoms with Gasteiger partial charge in [-0.25, -0.2) is 0 Å². The van der Waals surface area contributed by atoms with Gasteiger partial charge in [0.1, 0.15) is 0 Å². The predicted molar refractivity (Wildman–Crippen MR) is 89.8 cm³/mol. The first-order chi connectivity index (χ1) is 10.7. The Morgan fingerprint density at radius 2 is 1.96 bits per heavy atom. The predicted octanol–water partition coefficient (Wildman–Crippen LogP) is 2.08. The summed E-state index contributed by atoms with van der Waals surface area (Å²) in [6, 6.07) is 0. The molecule has 0 atom stereocenters. The summed E-state index contributed by atoms with van der Waals surface area (Å²) >= 11 is 0. The molecule has 1 aliphatic heterocycles. The smallest absolute Gasteiger partial charge is 0.239 e. The molecule has 2 aliphatic rings. The van der Waals surface area contributed by atoms with E-state index in [0.717, 1.165) is 38.5 Å². The van der Waals surface area contributed by atoms with Crippen molar-refractivity contribution in [2.24, 2.45) is 11.3 Å². The van der Waals surface area contributed by atoms with E-state index >= 15 is 0 Å². The van der Waals surface area contributed by atoms with Crippen LogP contribution < -0.4 is 5.32 Å². The highest BCUT2D eigenvalue weighted by atomic mass is 16.3. The minimum absolute atomic E-state index is 0.0656. The Bertz CT molecular complexity index is 434. The highest BCUT2D eigenvalue weighted by Crippen LogP contribution is 2.41. The first-order valence-corrected chi connectivity index (χ1v) is 8.96. The molecule has 0 aromatic carbocycles. The van der Waals surface area contributed by atoms with E-state index in [1.54, 1.807) is 4.90 Å². The molecule has 1 saturated carbocycles. The number of amides is 2. The minimum Gasteiger partial charge on any atom is -0.388 e. The van der Waals surface area contributed by atoms with Crippen LogP contribution in [0.15, 0.2) is 0 Å². The molecule has 1 aliphatic carbocycles. The van der Waals surface area contributed by atoms with E-state index in [2.05, 4.69) is 26.1 Å². The Kier molecular flexibility index (Phi) is 5.71. The van der Waals surface area contributed by atoms with Crippen LogP contribution in [0, 0.1) is 11.3 Å². The Labute approximate surface area is 139 Å². The fraction of sp³-hybridized carbons (Fsp3) is 0.889. The molecule has 1 heterocycles. The molecule has 2 fully saturated rings. The number of carbonyl (C=O) groups excluding carboxylic acids is 2. The molecule has 1 saturated heterocycles. The average molecular weight is 324 g/mol. The summed E-state index contributed by atoms with van der Waals surface area (Å²) in [5, 5.41) is 13.5. The van der Waals surface area contributed by atoms with Crippen LogP contribution >= 0.6 is 0 Å². The van der Waals surface area contributed by atoms with Gasteiger partial charge in [0.25, 0.3) is 0 Å². The Hall–Kier alpha value is -1.10. The van der Waals surface area contributed by atoms with Crippen LogP contribution in [0.1, 0.15) is 65.7 Å². The zero-order valence-electron chi connectivity index (χ0n) is 14.9. The van der Waals surface area contributed by atoms with Crippen molar-refractivity contribution in [1.82, 2.24) is 10.2 Å². The van der Waals surface area contributed by atoms with Crippen molar-refractivity contribution in [3.63, 3.8) is 0 Å². The number of piperidine rings is 1. The van der Waals surface area contributed by atoms with Crippen LogP contribution in [0.3, 0.4) is 0 Å². The van der Waals surface area contributed by atoms with Crippen molar-refractivity contribution in [2.75, 3.05) is 19.6 Å². The van der Waals surface area contributed by atoms with Gasteiger partial charge in [0.05, 0.1) is 12.1 Å². The summed E-state index contributed by atoms with van der Waals surface area (Å²) in [5.41, 5.74) is -0.511. The van der Waals surface area contributed by atoms with E-state index in [4.69, 9.17) is 0 Å². The first-order valence-electron chi connectivity index (χ1n) is 8.96. The first kappa shape index (κ1) is 18.2. The van der Waals surface area contributed by atoms with Crippen molar-refractivity contribution in [2.45, 2.75) is 71.3 Å². The number of carbonyl (C=O) groups is 2. The van der Waals surface area contributed by atoms with Gasteiger partial charge in [-0.2, -0.15) is 0 Å². The Morgan fingerprint density at radius 3 is 2.52 bits per heavy atom. The second kappa shape index (κ2) is 7.20. The van der Waals surface area contributed by atoms with E-state index in [-0.39, 0.29) is 23.8 Å². The number of hydrogen-bond acceptors (Lipinski definition) is 3. The molecule has 2 rings (SSSR count). The minimum atomic E-state index is -0.788. The van der Waals surface area contributed by atoms with Crippen LogP contribution in [-0.4, -0.2) is 47.1 Å². The van der Waals surface area contributed by atoms with E-state index < -0.39 is 5.60 Å². The van der Waals surface area contributed by atoms with Gasteiger partial charge in [0.2, 0.25) is 11.8 Å². The van der Waals surface area contributed by atoms with Crippen molar-refractivity contribution in [3.05, 3.63) is 0 Å².